The van der Waals surface area contributed by atoms with Crippen LogP contribution in [-0.4, -0.2) is 27.6 Å². The Morgan fingerprint density at radius 1 is 1.21 bits per heavy atom. The average Bonchev–Trinajstić information content (AvgIpc) is 2.46. The second kappa shape index (κ2) is 6.06. The van der Waals surface area contributed by atoms with Gasteiger partial charge in [0.05, 0.1) is 12.6 Å². The first-order chi connectivity index (χ1) is 9.20. The van der Waals surface area contributed by atoms with Gasteiger partial charge in [0.2, 0.25) is 5.91 Å². The Kier molecular flexibility index (Phi) is 4.20. The standard InChI is InChI=1S/C14H15N3O2/c1-10(19)17-14(8-18)12-4-2-11(3-5-12)13-6-15-9-16-7-13/h2-7,9,14,18H,8H2,1H3,(H,17,19)/t14-/m1/s1. The molecular weight excluding hydrogens is 242 g/mol. The highest BCUT2D eigenvalue weighted by Crippen LogP contribution is 2.20. The summed E-state index contributed by atoms with van der Waals surface area (Å²) >= 11 is 0. The molecule has 0 saturated carbocycles. The predicted molar refractivity (Wildman–Crippen MR) is 71.1 cm³/mol. The number of nitrogens with one attached hydrogen (secondary N) is 1. The minimum atomic E-state index is -0.376. The van der Waals surface area contributed by atoms with Crippen molar-refractivity contribution in [2.45, 2.75) is 13.0 Å². The summed E-state index contributed by atoms with van der Waals surface area (Å²) in [7, 11) is 0. The normalized spacial score (nSPS) is 11.9. The Hall–Kier alpha value is -2.27. The van der Waals surface area contributed by atoms with Gasteiger partial charge in [-0.3, -0.25) is 4.79 Å². The van der Waals surface area contributed by atoms with Crippen LogP contribution in [0.25, 0.3) is 11.1 Å². The quantitative estimate of drug-likeness (QED) is 0.866. The first-order valence-electron chi connectivity index (χ1n) is 5.94. The summed E-state index contributed by atoms with van der Waals surface area (Å²) in [6.45, 7) is 1.30. The molecule has 1 amide bonds. The van der Waals surface area contributed by atoms with Gasteiger partial charge in [0.1, 0.15) is 6.33 Å². The van der Waals surface area contributed by atoms with Crippen molar-refractivity contribution in [3.05, 3.63) is 48.5 Å². The molecule has 1 atom stereocenters. The minimum absolute atomic E-state index is 0.132. The number of hydrogen-bond acceptors (Lipinski definition) is 4. The van der Waals surface area contributed by atoms with Crippen molar-refractivity contribution in [1.29, 1.82) is 0 Å². The van der Waals surface area contributed by atoms with Crippen molar-refractivity contribution in [2.75, 3.05) is 6.61 Å². The first-order valence-corrected chi connectivity index (χ1v) is 5.94. The molecule has 0 saturated heterocycles. The number of nitrogens with zero attached hydrogens (tertiary/aromatic N) is 2. The number of aliphatic hydroxyl groups excluding tert-OH is 1. The number of aliphatic hydroxyl groups is 1. The van der Waals surface area contributed by atoms with E-state index in [1.165, 1.54) is 13.3 Å². The van der Waals surface area contributed by atoms with Crippen molar-refractivity contribution >= 4 is 5.91 Å². The lowest BCUT2D eigenvalue weighted by Crippen LogP contribution is -2.28. The molecular formula is C14H15N3O2. The molecule has 0 aliphatic heterocycles. The number of amides is 1. The molecule has 0 aliphatic rings. The molecule has 5 heteroatoms. The van der Waals surface area contributed by atoms with Crippen LogP contribution in [0.3, 0.4) is 0 Å². The molecule has 0 fully saturated rings. The van der Waals surface area contributed by atoms with E-state index in [2.05, 4.69) is 15.3 Å². The molecule has 1 heterocycles. The zero-order valence-electron chi connectivity index (χ0n) is 10.6. The molecule has 2 rings (SSSR count). The Labute approximate surface area is 111 Å². The van der Waals surface area contributed by atoms with E-state index in [1.54, 1.807) is 12.4 Å². The molecule has 1 aromatic heterocycles. The fraction of sp³-hybridized carbons (Fsp3) is 0.214. The molecule has 0 radical (unpaired) electrons. The monoisotopic (exact) mass is 257 g/mol. The van der Waals surface area contributed by atoms with Crippen molar-refractivity contribution in [3.8, 4) is 11.1 Å². The van der Waals surface area contributed by atoms with Crippen LogP contribution in [0.5, 0.6) is 0 Å². The Bertz CT molecular complexity index is 540. The van der Waals surface area contributed by atoms with Gasteiger partial charge in [0.15, 0.2) is 0 Å². The molecule has 0 aliphatic carbocycles. The Balaban J connectivity index is 2.20. The number of benzene rings is 1. The molecule has 0 unspecified atom stereocenters. The van der Waals surface area contributed by atoms with Gasteiger partial charge in [-0.05, 0) is 11.1 Å². The molecule has 0 spiro atoms. The Morgan fingerprint density at radius 3 is 2.37 bits per heavy atom. The van der Waals surface area contributed by atoms with Crippen molar-refractivity contribution in [2.24, 2.45) is 0 Å². The summed E-state index contributed by atoms with van der Waals surface area (Å²) in [5.41, 5.74) is 2.77. The van der Waals surface area contributed by atoms with Crippen LogP contribution in [0, 0.1) is 0 Å². The number of rotatable bonds is 4. The van der Waals surface area contributed by atoms with E-state index in [0.29, 0.717) is 0 Å². The van der Waals surface area contributed by atoms with Crippen LogP contribution in [0.1, 0.15) is 18.5 Å². The third-order valence-corrected chi connectivity index (χ3v) is 2.77. The zero-order valence-corrected chi connectivity index (χ0v) is 10.6. The van der Waals surface area contributed by atoms with E-state index in [4.69, 9.17) is 0 Å². The maximum Gasteiger partial charge on any atom is 0.217 e. The maximum atomic E-state index is 11.0. The van der Waals surface area contributed by atoms with Crippen LogP contribution >= 0.6 is 0 Å². The molecule has 1 aromatic carbocycles. The highest BCUT2D eigenvalue weighted by Gasteiger charge is 2.11. The van der Waals surface area contributed by atoms with Crippen molar-refractivity contribution in [3.63, 3.8) is 0 Å². The van der Waals surface area contributed by atoms with Crippen LogP contribution in [-0.2, 0) is 4.79 Å². The van der Waals surface area contributed by atoms with E-state index in [-0.39, 0.29) is 18.6 Å². The van der Waals surface area contributed by atoms with E-state index >= 15 is 0 Å². The second-order valence-electron chi connectivity index (χ2n) is 4.18. The van der Waals surface area contributed by atoms with E-state index < -0.39 is 0 Å². The smallest absolute Gasteiger partial charge is 0.217 e. The van der Waals surface area contributed by atoms with Gasteiger partial charge in [-0.15, -0.1) is 0 Å². The third kappa shape index (κ3) is 3.35. The molecule has 5 nitrogen and oxygen atoms in total. The van der Waals surface area contributed by atoms with Gasteiger partial charge >= 0.3 is 0 Å². The summed E-state index contributed by atoms with van der Waals surface area (Å²) < 4.78 is 0. The molecule has 98 valence electrons. The SMILES string of the molecule is CC(=O)N[C@H](CO)c1ccc(-c2cncnc2)cc1. The van der Waals surface area contributed by atoms with E-state index in [0.717, 1.165) is 16.7 Å². The van der Waals surface area contributed by atoms with Gasteiger partial charge in [-0.1, -0.05) is 24.3 Å². The summed E-state index contributed by atoms with van der Waals surface area (Å²) in [6, 6.07) is 7.20. The minimum Gasteiger partial charge on any atom is -0.394 e. The summed E-state index contributed by atoms with van der Waals surface area (Å²) in [6.07, 6.45) is 4.95. The summed E-state index contributed by atoms with van der Waals surface area (Å²) in [4.78, 5) is 19.0. The lowest BCUT2D eigenvalue weighted by molar-refractivity contribution is -0.120. The van der Waals surface area contributed by atoms with Gasteiger partial charge in [-0.2, -0.15) is 0 Å². The lowest BCUT2D eigenvalue weighted by atomic mass is 10.0. The molecule has 0 bridgehead atoms. The zero-order chi connectivity index (χ0) is 13.7. The molecule has 19 heavy (non-hydrogen) atoms. The molecule has 2 N–H and O–H groups in total. The van der Waals surface area contributed by atoms with Gasteiger partial charge < -0.3 is 10.4 Å². The molecule has 2 aromatic rings. The van der Waals surface area contributed by atoms with E-state index in [9.17, 15) is 9.90 Å². The maximum absolute atomic E-state index is 11.0. The second-order valence-corrected chi connectivity index (χ2v) is 4.18. The predicted octanol–water partition coefficient (Wildman–Crippen LogP) is 1.31. The topological polar surface area (TPSA) is 75.1 Å². The number of carbonyl (C=O) groups is 1. The van der Waals surface area contributed by atoms with Crippen LogP contribution < -0.4 is 5.32 Å². The number of hydrogen-bond donors (Lipinski definition) is 2. The largest absolute Gasteiger partial charge is 0.394 e. The van der Waals surface area contributed by atoms with Crippen LogP contribution in [0.4, 0.5) is 0 Å². The van der Waals surface area contributed by atoms with Gasteiger partial charge in [0, 0.05) is 24.9 Å². The fourth-order valence-electron chi connectivity index (χ4n) is 1.84. The third-order valence-electron chi connectivity index (χ3n) is 2.77. The fourth-order valence-corrected chi connectivity index (χ4v) is 1.84. The van der Waals surface area contributed by atoms with Gasteiger partial charge in [0.25, 0.3) is 0 Å². The van der Waals surface area contributed by atoms with Crippen molar-refractivity contribution < 1.29 is 9.90 Å². The van der Waals surface area contributed by atoms with Gasteiger partial charge in [-0.25, -0.2) is 9.97 Å². The number of carbonyl (C=O) groups excluding carboxylic acids is 1. The average molecular weight is 257 g/mol. The Morgan fingerprint density at radius 2 is 1.84 bits per heavy atom. The summed E-state index contributed by atoms with van der Waals surface area (Å²) in [5.74, 6) is -0.167. The van der Waals surface area contributed by atoms with Crippen LogP contribution in [0.2, 0.25) is 0 Å². The first kappa shape index (κ1) is 13.2. The van der Waals surface area contributed by atoms with Crippen molar-refractivity contribution in [1.82, 2.24) is 15.3 Å². The van der Waals surface area contributed by atoms with E-state index in [1.807, 2.05) is 24.3 Å². The summed E-state index contributed by atoms with van der Waals surface area (Å²) in [5, 5.41) is 12.0. The van der Waals surface area contributed by atoms with Crippen LogP contribution in [0.15, 0.2) is 43.0 Å². The number of aromatic nitrogens is 2. The highest BCUT2D eigenvalue weighted by atomic mass is 16.3. The lowest BCUT2D eigenvalue weighted by Gasteiger charge is -2.15. The highest BCUT2D eigenvalue weighted by molar-refractivity contribution is 5.73.